The zero-order valence-electron chi connectivity index (χ0n) is 8.09. The first-order valence-electron chi connectivity index (χ1n) is 4.49. The lowest BCUT2D eigenvalue weighted by Crippen LogP contribution is -2.02. The van der Waals surface area contributed by atoms with Crippen molar-refractivity contribution in [1.29, 1.82) is 0 Å². The Morgan fingerprint density at radius 2 is 1.88 bits per heavy atom. The fourth-order valence-electron chi connectivity index (χ4n) is 1.22. The van der Waals surface area contributed by atoms with Crippen molar-refractivity contribution in [1.82, 2.24) is 9.97 Å². The zero-order chi connectivity index (χ0) is 11.5. The predicted octanol–water partition coefficient (Wildman–Crippen LogP) is 2.60. The quantitative estimate of drug-likeness (QED) is 0.917. The molecule has 16 heavy (non-hydrogen) atoms. The number of carbonyl (C=O) groups is 1. The molecule has 0 saturated heterocycles. The topological polar surface area (TPSA) is 63.1 Å². The smallest absolute Gasteiger partial charge is 0.354 e. The summed E-state index contributed by atoms with van der Waals surface area (Å²) in [4.78, 5) is 18.7. The maximum Gasteiger partial charge on any atom is 0.354 e. The van der Waals surface area contributed by atoms with Crippen LogP contribution in [0, 0.1) is 0 Å². The van der Waals surface area contributed by atoms with Crippen molar-refractivity contribution < 1.29 is 9.90 Å². The number of nitrogens with zero attached hydrogens (tertiary/aromatic N) is 2. The summed E-state index contributed by atoms with van der Waals surface area (Å²) in [6, 6.07) is 8.72. The highest BCUT2D eigenvalue weighted by molar-refractivity contribution is 9.10. The summed E-state index contributed by atoms with van der Waals surface area (Å²) in [5.74, 6) is -0.645. The van der Waals surface area contributed by atoms with E-state index in [-0.39, 0.29) is 5.69 Å². The second-order valence-electron chi connectivity index (χ2n) is 3.08. The van der Waals surface area contributed by atoms with Gasteiger partial charge in [0.15, 0.2) is 11.5 Å². The van der Waals surface area contributed by atoms with Gasteiger partial charge in [-0.1, -0.05) is 28.1 Å². The van der Waals surface area contributed by atoms with Crippen LogP contribution in [0.15, 0.2) is 41.0 Å². The minimum absolute atomic E-state index is 0.00656. The van der Waals surface area contributed by atoms with Crippen LogP contribution in [-0.4, -0.2) is 21.0 Å². The second kappa shape index (κ2) is 4.40. The number of carboxylic acids is 1. The largest absolute Gasteiger partial charge is 0.477 e. The highest BCUT2D eigenvalue weighted by Gasteiger charge is 2.07. The van der Waals surface area contributed by atoms with E-state index < -0.39 is 5.97 Å². The highest BCUT2D eigenvalue weighted by atomic mass is 79.9. The summed E-state index contributed by atoms with van der Waals surface area (Å²) in [5.41, 5.74) is 0.777. The number of aromatic nitrogens is 2. The van der Waals surface area contributed by atoms with Crippen molar-refractivity contribution >= 4 is 21.9 Å². The fraction of sp³-hybridized carbons (Fsp3) is 0. The molecule has 0 unspecified atom stereocenters. The van der Waals surface area contributed by atoms with Gasteiger partial charge in [0.2, 0.25) is 0 Å². The fourth-order valence-corrected chi connectivity index (χ4v) is 1.48. The van der Waals surface area contributed by atoms with Gasteiger partial charge in [-0.25, -0.2) is 14.8 Å². The maximum atomic E-state index is 10.7. The average Bonchev–Trinajstić information content (AvgIpc) is 2.30. The number of hydrogen-bond donors (Lipinski definition) is 1. The van der Waals surface area contributed by atoms with E-state index in [1.807, 2.05) is 24.3 Å². The summed E-state index contributed by atoms with van der Waals surface area (Å²) in [5, 5.41) is 8.80. The summed E-state index contributed by atoms with van der Waals surface area (Å²) >= 11 is 3.32. The van der Waals surface area contributed by atoms with Crippen LogP contribution in [0.1, 0.15) is 10.5 Å². The Morgan fingerprint density at radius 3 is 2.50 bits per heavy atom. The van der Waals surface area contributed by atoms with Gasteiger partial charge < -0.3 is 5.11 Å². The molecule has 1 heterocycles. The summed E-state index contributed by atoms with van der Waals surface area (Å²) in [6.07, 6.45) is 1.44. The van der Waals surface area contributed by atoms with Crippen molar-refractivity contribution in [2.45, 2.75) is 0 Å². The Kier molecular flexibility index (Phi) is 2.96. The Labute approximate surface area is 100 Å². The van der Waals surface area contributed by atoms with Crippen LogP contribution < -0.4 is 0 Å². The lowest BCUT2D eigenvalue weighted by atomic mass is 10.2. The number of aromatic carboxylic acids is 1. The van der Waals surface area contributed by atoms with Gasteiger partial charge in [-0.05, 0) is 18.2 Å². The lowest BCUT2D eigenvalue weighted by molar-refractivity contribution is 0.0690. The van der Waals surface area contributed by atoms with Crippen LogP contribution in [0.5, 0.6) is 0 Å². The van der Waals surface area contributed by atoms with Gasteiger partial charge in [0.25, 0.3) is 0 Å². The number of hydrogen-bond acceptors (Lipinski definition) is 3. The molecule has 0 aliphatic carbocycles. The normalized spacial score (nSPS) is 10.1. The third-order valence-electron chi connectivity index (χ3n) is 1.98. The Hall–Kier alpha value is -1.75. The van der Waals surface area contributed by atoms with Crippen LogP contribution in [0.25, 0.3) is 11.4 Å². The van der Waals surface area contributed by atoms with E-state index in [2.05, 4.69) is 25.9 Å². The van der Waals surface area contributed by atoms with Gasteiger partial charge in [-0.2, -0.15) is 0 Å². The van der Waals surface area contributed by atoms with Gasteiger partial charge in [0.05, 0.1) is 0 Å². The molecule has 0 spiro atoms. The van der Waals surface area contributed by atoms with Crippen LogP contribution >= 0.6 is 15.9 Å². The van der Waals surface area contributed by atoms with Gasteiger partial charge >= 0.3 is 5.97 Å². The van der Waals surface area contributed by atoms with E-state index in [1.165, 1.54) is 12.3 Å². The molecule has 5 heteroatoms. The molecule has 0 aliphatic heterocycles. The molecule has 0 saturated carbocycles. The van der Waals surface area contributed by atoms with Gasteiger partial charge in [-0.15, -0.1) is 0 Å². The van der Waals surface area contributed by atoms with E-state index in [4.69, 9.17) is 5.11 Å². The lowest BCUT2D eigenvalue weighted by Gasteiger charge is -2.00. The predicted molar refractivity (Wildman–Crippen MR) is 62.1 cm³/mol. The average molecular weight is 279 g/mol. The van der Waals surface area contributed by atoms with Crippen molar-refractivity contribution in [2.24, 2.45) is 0 Å². The minimum atomic E-state index is -1.05. The van der Waals surface area contributed by atoms with E-state index in [0.717, 1.165) is 10.0 Å². The molecule has 0 radical (unpaired) electrons. The number of rotatable bonds is 2. The Bertz CT molecular complexity index is 526. The van der Waals surface area contributed by atoms with Crippen LogP contribution in [0.3, 0.4) is 0 Å². The van der Waals surface area contributed by atoms with Crippen molar-refractivity contribution in [3.8, 4) is 11.4 Å². The maximum absolute atomic E-state index is 10.7. The van der Waals surface area contributed by atoms with Crippen molar-refractivity contribution in [2.75, 3.05) is 0 Å². The molecule has 0 aliphatic rings. The molecule has 0 fully saturated rings. The molecule has 2 rings (SSSR count). The van der Waals surface area contributed by atoms with E-state index in [1.54, 1.807) is 0 Å². The van der Waals surface area contributed by atoms with Crippen molar-refractivity contribution in [3.05, 3.63) is 46.7 Å². The van der Waals surface area contributed by atoms with Crippen LogP contribution in [0.4, 0.5) is 0 Å². The third-order valence-corrected chi connectivity index (χ3v) is 2.51. The third kappa shape index (κ3) is 2.25. The SMILES string of the molecule is O=C(O)c1ccnc(-c2ccc(Br)cc2)n1. The Balaban J connectivity index is 2.44. The van der Waals surface area contributed by atoms with Gasteiger partial charge in [-0.3, -0.25) is 0 Å². The highest BCUT2D eigenvalue weighted by Crippen LogP contribution is 2.18. The first kappa shape index (κ1) is 10.8. The molecule has 1 N–H and O–H groups in total. The molecule has 1 aromatic heterocycles. The molecule has 80 valence electrons. The second-order valence-corrected chi connectivity index (χ2v) is 3.99. The molecule has 0 bridgehead atoms. The Morgan fingerprint density at radius 1 is 1.19 bits per heavy atom. The molecule has 0 amide bonds. The minimum Gasteiger partial charge on any atom is -0.477 e. The van der Waals surface area contributed by atoms with Gasteiger partial charge in [0.1, 0.15) is 0 Å². The summed E-state index contributed by atoms with van der Waals surface area (Å²) < 4.78 is 0.950. The monoisotopic (exact) mass is 278 g/mol. The number of halogens is 1. The first-order valence-corrected chi connectivity index (χ1v) is 5.28. The van der Waals surface area contributed by atoms with E-state index in [0.29, 0.717) is 5.82 Å². The molecular formula is C11H7BrN2O2. The summed E-state index contributed by atoms with van der Waals surface area (Å²) in [6.45, 7) is 0. The van der Waals surface area contributed by atoms with Crippen LogP contribution in [0.2, 0.25) is 0 Å². The van der Waals surface area contributed by atoms with Crippen molar-refractivity contribution in [3.63, 3.8) is 0 Å². The molecule has 2 aromatic rings. The zero-order valence-corrected chi connectivity index (χ0v) is 9.68. The molecule has 1 aromatic carbocycles. The van der Waals surface area contributed by atoms with E-state index >= 15 is 0 Å². The van der Waals surface area contributed by atoms with Gasteiger partial charge in [0, 0.05) is 16.2 Å². The molecule has 0 atom stereocenters. The number of carboxylic acid groups (broad SMARTS) is 1. The standard InChI is InChI=1S/C11H7BrN2O2/c12-8-3-1-7(2-4-8)10-13-6-5-9(14-10)11(15)16/h1-6H,(H,15,16). The van der Waals surface area contributed by atoms with E-state index in [9.17, 15) is 4.79 Å². The first-order chi connectivity index (χ1) is 7.66. The molecule has 4 nitrogen and oxygen atoms in total. The van der Waals surface area contributed by atoms with Crippen LogP contribution in [-0.2, 0) is 0 Å². The summed E-state index contributed by atoms with van der Waals surface area (Å²) in [7, 11) is 0. The molecular weight excluding hydrogens is 272 g/mol. The number of benzene rings is 1.